The summed E-state index contributed by atoms with van der Waals surface area (Å²) in [6.07, 6.45) is 12.5. The number of rotatable bonds is 4. The van der Waals surface area contributed by atoms with E-state index in [1.165, 1.54) is 0 Å². The first kappa shape index (κ1) is 15.6. The predicted octanol–water partition coefficient (Wildman–Crippen LogP) is 1.66. The Labute approximate surface area is 145 Å². The molecule has 4 rings (SSSR count). The first-order chi connectivity index (χ1) is 12.3. The van der Waals surface area contributed by atoms with Gasteiger partial charge in [0.1, 0.15) is 0 Å². The molecule has 0 aliphatic carbocycles. The molecule has 128 valence electrons. The fourth-order valence-corrected chi connectivity index (χ4v) is 3.25. The van der Waals surface area contributed by atoms with Crippen LogP contribution in [0.3, 0.4) is 0 Å². The van der Waals surface area contributed by atoms with E-state index in [0.717, 1.165) is 43.0 Å². The zero-order valence-corrected chi connectivity index (χ0v) is 13.9. The maximum absolute atomic E-state index is 12.4. The Balaban J connectivity index is 1.35. The second kappa shape index (κ2) is 6.88. The molecule has 0 bridgehead atoms. The summed E-state index contributed by atoms with van der Waals surface area (Å²) in [5, 5.41) is 3.02. The lowest BCUT2D eigenvalue weighted by Crippen LogP contribution is -2.40. The van der Waals surface area contributed by atoms with Gasteiger partial charge >= 0.3 is 0 Å². The number of piperidine rings is 1. The second-order valence-electron chi connectivity index (χ2n) is 6.25. The molecule has 1 N–H and O–H groups in total. The first-order valence-electron chi connectivity index (χ1n) is 8.50. The third kappa shape index (κ3) is 3.31. The Hall–Kier alpha value is -2.96. The number of carbonyl (C=O) groups is 1. The van der Waals surface area contributed by atoms with Crippen molar-refractivity contribution in [2.24, 2.45) is 5.92 Å². The summed E-state index contributed by atoms with van der Waals surface area (Å²) in [4.78, 5) is 27.6. The molecular formula is C18H20N6O. The maximum atomic E-state index is 12.4. The van der Waals surface area contributed by atoms with E-state index in [4.69, 9.17) is 0 Å². The number of aromatic nitrogens is 4. The number of nitrogens with one attached hydrogen (secondary N) is 1. The van der Waals surface area contributed by atoms with Gasteiger partial charge in [0.05, 0.1) is 0 Å². The van der Waals surface area contributed by atoms with Crippen molar-refractivity contribution in [3.8, 4) is 0 Å². The molecule has 3 aromatic rings. The highest BCUT2D eigenvalue weighted by Gasteiger charge is 2.26. The van der Waals surface area contributed by atoms with E-state index >= 15 is 0 Å². The van der Waals surface area contributed by atoms with Crippen LogP contribution >= 0.6 is 0 Å². The standard InChI is InChI=1S/C18H20N6O/c25-18(22-13-14-2-1-5-19-12-14)15-3-8-23(9-4-15)16-17-21-7-11-24(17)10-6-20-16/h1-2,5-7,10-12,15H,3-4,8-9,13H2,(H,22,25). The number of imidazole rings is 1. The van der Waals surface area contributed by atoms with Gasteiger partial charge in [0, 0.05) is 62.7 Å². The molecule has 0 spiro atoms. The molecule has 0 aromatic carbocycles. The van der Waals surface area contributed by atoms with Crippen LogP contribution < -0.4 is 10.2 Å². The summed E-state index contributed by atoms with van der Waals surface area (Å²) in [5.41, 5.74) is 1.88. The van der Waals surface area contributed by atoms with Crippen molar-refractivity contribution in [3.63, 3.8) is 0 Å². The number of fused-ring (bicyclic) bond motifs is 1. The van der Waals surface area contributed by atoms with E-state index in [-0.39, 0.29) is 11.8 Å². The van der Waals surface area contributed by atoms with E-state index in [9.17, 15) is 4.79 Å². The van der Waals surface area contributed by atoms with Crippen LogP contribution in [0.15, 0.2) is 49.3 Å². The zero-order chi connectivity index (χ0) is 17.1. The van der Waals surface area contributed by atoms with Gasteiger partial charge in [-0.25, -0.2) is 9.97 Å². The van der Waals surface area contributed by atoms with Crippen LogP contribution in [-0.2, 0) is 11.3 Å². The molecule has 1 aliphatic rings. The van der Waals surface area contributed by atoms with Crippen molar-refractivity contribution in [2.75, 3.05) is 18.0 Å². The molecule has 4 heterocycles. The largest absolute Gasteiger partial charge is 0.353 e. The van der Waals surface area contributed by atoms with E-state index in [2.05, 4.69) is 25.2 Å². The molecule has 3 aromatic heterocycles. The zero-order valence-electron chi connectivity index (χ0n) is 13.9. The highest BCUT2D eigenvalue weighted by atomic mass is 16.1. The molecule has 7 nitrogen and oxygen atoms in total. The van der Waals surface area contributed by atoms with Crippen molar-refractivity contribution in [1.29, 1.82) is 0 Å². The third-order valence-electron chi connectivity index (χ3n) is 4.65. The third-order valence-corrected chi connectivity index (χ3v) is 4.65. The SMILES string of the molecule is O=C(NCc1cccnc1)C1CCN(c2nccn3ccnc23)CC1. The smallest absolute Gasteiger partial charge is 0.223 e. The Kier molecular flexibility index (Phi) is 4.28. The van der Waals surface area contributed by atoms with Crippen LogP contribution in [0.1, 0.15) is 18.4 Å². The first-order valence-corrected chi connectivity index (χ1v) is 8.50. The number of anilines is 1. The Bertz CT molecular complexity index is 854. The summed E-state index contributed by atoms with van der Waals surface area (Å²) >= 11 is 0. The van der Waals surface area contributed by atoms with E-state index in [1.807, 2.05) is 28.9 Å². The molecule has 1 aliphatic heterocycles. The summed E-state index contributed by atoms with van der Waals surface area (Å²) in [6.45, 7) is 2.15. The van der Waals surface area contributed by atoms with Crippen LogP contribution in [0, 0.1) is 5.92 Å². The fourth-order valence-electron chi connectivity index (χ4n) is 3.25. The monoisotopic (exact) mass is 336 g/mol. The van der Waals surface area contributed by atoms with Gasteiger partial charge in [-0.1, -0.05) is 6.07 Å². The minimum Gasteiger partial charge on any atom is -0.353 e. The normalized spacial score (nSPS) is 15.4. The summed E-state index contributed by atoms with van der Waals surface area (Å²) in [7, 11) is 0. The van der Waals surface area contributed by atoms with Gasteiger partial charge in [-0.2, -0.15) is 0 Å². The molecule has 7 heteroatoms. The molecule has 0 unspecified atom stereocenters. The lowest BCUT2D eigenvalue weighted by molar-refractivity contribution is -0.125. The van der Waals surface area contributed by atoms with Gasteiger partial charge in [0.2, 0.25) is 5.91 Å². The van der Waals surface area contributed by atoms with E-state index in [0.29, 0.717) is 6.54 Å². The average Bonchev–Trinajstić information content (AvgIpc) is 3.16. The lowest BCUT2D eigenvalue weighted by Gasteiger charge is -2.32. The lowest BCUT2D eigenvalue weighted by atomic mass is 9.96. The number of pyridine rings is 1. The molecule has 1 amide bonds. The number of amides is 1. The molecule has 1 fully saturated rings. The fraction of sp³-hybridized carbons (Fsp3) is 0.333. The van der Waals surface area contributed by atoms with E-state index in [1.54, 1.807) is 24.8 Å². The molecule has 25 heavy (non-hydrogen) atoms. The number of nitrogens with zero attached hydrogens (tertiary/aromatic N) is 5. The van der Waals surface area contributed by atoms with Crippen molar-refractivity contribution >= 4 is 17.4 Å². The Morgan fingerprint density at radius 3 is 2.72 bits per heavy atom. The quantitative estimate of drug-likeness (QED) is 0.784. The van der Waals surface area contributed by atoms with Crippen LogP contribution in [0.4, 0.5) is 5.82 Å². The minimum absolute atomic E-state index is 0.0485. The van der Waals surface area contributed by atoms with Gasteiger partial charge in [0.15, 0.2) is 11.5 Å². The van der Waals surface area contributed by atoms with Gasteiger partial charge in [-0.3, -0.25) is 9.78 Å². The van der Waals surface area contributed by atoms with E-state index < -0.39 is 0 Å². The number of hydrogen-bond donors (Lipinski definition) is 1. The van der Waals surface area contributed by atoms with Crippen molar-refractivity contribution in [3.05, 3.63) is 54.9 Å². The van der Waals surface area contributed by atoms with Crippen LogP contribution in [-0.4, -0.2) is 38.3 Å². The maximum Gasteiger partial charge on any atom is 0.223 e. The molecule has 0 radical (unpaired) electrons. The van der Waals surface area contributed by atoms with Gasteiger partial charge < -0.3 is 14.6 Å². The van der Waals surface area contributed by atoms with Crippen LogP contribution in [0.5, 0.6) is 0 Å². The van der Waals surface area contributed by atoms with Crippen LogP contribution in [0.2, 0.25) is 0 Å². The Morgan fingerprint density at radius 2 is 1.96 bits per heavy atom. The van der Waals surface area contributed by atoms with Crippen molar-refractivity contribution in [2.45, 2.75) is 19.4 Å². The highest BCUT2D eigenvalue weighted by Crippen LogP contribution is 2.24. The van der Waals surface area contributed by atoms with Gasteiger partial charge in [-0.05, 0) is 24.5 Å². The second-order valence-corrected chi connectivity index (χ2v) is 6.25. The van der Waals surface area contributed by atoms with Gasteiger partial charge in [-0.15, -0.1) is 0 Å². The average molecular weight is 336 g/mol. The summed E-state index contributed by atoms with van der Waals surface area (Å²) < 4.78 is 1.97. The number of carbonyl (C=O) groups excluding carboxylic acids is 1. The van der Waals surface area contributed by atoms with Crippen LogP contribution in [0.25, 0.3) is 5.65 Å². The van der Waals surface area contributed by atoms with Gasteiger partial charge in [0.25, 0.3) is 0 Å². The minimum atomic E-state index is 0.0485. The topological polar surface area (TPSA) is 75.4 Å². The molecule has 0 atom stereocenters. The highest BCUT2D eigenvalue weighted by molar-refractivity contribution is 5.79. The number of hydrogen-bond acceptors (Lipinski definition) is 5. The molecule has 0 saturated carbocycles. The van der Waals surface area contributed by atoms with Crippen molar-refractivity contribution < 1.29 is 4.79 Å². The molecule has 1 saturated heterocycles. The summed E-state index contributed by atoms with van der Waals surface area (Å²) in [5.74, 6) is 1.06. The predicted molar refractivity (Wildman–Crippen MR) is 94.0 cm³/mol. The molecular weight excluding hydrogens is 316 g/mol. The Morgan fingerprint density at radius 1 is 1.16 bits per heavy atom. The summed E-state index contributed by atoms with van der Waals surface area (Å²) in [6, 6.07) is 3.84. The van der Waals surface area contributed by atoms with Crippen molar-refractivity contribution in [1.82, 2.24) is 24.7 Å².